The summed E-state index contributed by atoms with van der Waals surface area (Å²) >= 11 is 0. The van der Waals surface area contributed by atoms with Crippen LogP contribution in [0.2, 0.25) is 0 Å². The second-order valence-corrected chi connectivity index (χ2v) is 2.95. The number of hydrogen-bond donors (Lipinski definition) is 1. The monoisotopic (exact) mass is 141 g/mol. The lowest BCUT2D eigenvalue weighted by Gasteiger charge is -2.22. The summed E-state index contributed by atoms with van der Waals surface area (Å²) in [5, 5.41) is 2.98. The van der Waals surface area contributed by atoms with E-state index in [-0.39, 0.29) is 5.91 Å². The number of hydrogen-bond acceptors (Lipinski definition) is 1. The van der Waals surface area contributed by atoms with E-state index in [2.05, 4.69) is 12.2 Å². The van der Waals surface area contributed by atoms with Gasteiger partial charge in [-0.05, 0) is 19.3 Å². The molecule has 0 aromatic rings. The molecule has 10 heavy (non-hydrogen) atoms. The second kappa shape index (κ2) is 3.59. The molecule has 0 saturated carbocycles. The Morgan fingerprint density at radius 3 is 3.10 bits per heavy atom. The SMILES string of the molecule is CCC[C@@H]1CCCC(=O)N1. The van der Waals surface area contributed by atoms with Crippen molar-refractivity contribution in [3.63, 3.8) is 0 Å². The van der Waals surface area contributed by atoms with Gasteiger partial charge in [0.1, 0.15) is 0 Å². The van der Waals surface area contributed by atoms with Crippen LogP contribution in [0.1, 0.15) is 39.0 Å². The van der Waals surface area contributed by atoms with Gasteiger partial charge in [-0.1, -0.05) is 13.3 Å². The number of nitrogens with one attached hydrogen (secondary N) is 1. The van der Waals surface area contributed by atoms with Gasteiger partial charge in [0.15, 0.2) is 0 Å². The van der Waals surface area contributed by atoms with Crippen molar-refractivity contribution in [1.82, 2.24) is 5.32 Å². The highest BCUT2D eigenvalue weighted by atomic mass is 16.1. The second-order valence-electron chi connectivity index (χ2n) is 2.95. The van der Waals surface area contributed by atoms with Gasteiger partial charge in [-0.2, -0.15) is 0 Å². The van der Waals surface area contributed by atoms with Crippen molar-refractivity contribution in [3.05, 3.63) is 0 Å². The van der Waals surface area contributed by atoms with E-state index >= 15 is 0 Å². The first-order valence-electron chi connectivity index (χ1n) is 4.12. The molecule has 0 radical (unpaired) electrons. The van der Waals surface area contributed by atoms with Crippen molar-refractivity contribution >= 4 is 5.91 Å². The largest absolute Gasteiger partial charge is 0.353 e. The molecular weight excluding hydrogens is 126 g/mol. The van der Waals surface area contributed by atoms with Gasteiger partial charge in [-0.3, -0.25) is 4.79 Å². The van der Waals surface area contributed by atoms with Crippen molar-refractivity contribution < 1.29 is 4.79 Å². The molecule has 1 aliphatic rings. The molecular formula is C8H15NO. The molecule has 2 nitrogen and oxygen atoms in total. The van der Waals surface area contributed by atoms with Gasteiger partial charge < -0.3 is 5.32 Å². The molecule has 1 N–H and O–H groups in total. The van der Waals surface area contributed by atoms with Crippen LogP contribution in [0.3, 0.4) is 0 Å². The molecule has 58 valence electrons. The molecule has 1 fully saturated rings. The van der Waals surface area contributed by atoms with Crippen molar-refractivity contribution in [2.45, 2.75) is 45.1 Å². The molecule has 0 spiro atoms. The minimum Gasteiger partial charge on any atom is -0.353 e. The standard InChI is InChI=1S/C8H15NO/c1-2-4-7-5-3-6-8(10)9-7/h7H,2-6H2,1H3,(H,9,10)/t7-/m1/s1. The van der Waals surface area contributed by atoms with Crippen molar-refractivity contribution in [3.8, 4) is 0 Å². The Bertz CT molecular complexity index is 120. The predicted molar refractivity (Wildman–Crippen MR) is 40.7 cm³/mol. The molecule has 1 amide bonds. The number of rotatable bonds is 2. The average molecular weight is 141 g/mol. The summed E-state index contributed by atoms with van der Waals surface area (Å²) in [6.45, 7) is 2.15. The summed E-state index contributed by atoms with van der Waals surface area (Å²) in [4.78, 5) is 10.8. The topological polar surface area (TPSA) is 29.1 Å². The maximum atomic E-state index is 10.8. The lowest BCUT2D eigenvalue weighted by atomic mass is 10.0. The summed E-state index contributed by atoms with van der Waals surface area (Å²) < 4.78 is 0. The van der Waals surface area contributed by atoms with E-state index in [0.717, 1.165) is 19.3 Å². The maximum Gasteiger partial charge on any atom is 0.220 e. The van der Waals surface area contributed by atoms with Crippen LogP contribution >= 0.6 is 0 Å². The number of amides is 1. The molecule has 2 heteroatoms. The van der Waals surface area contributed by atoms with E-state index < -0.39 is 0 Å². The lowest BCUT2D eigenvalue weighted by molar-refractivity contribution is -0.123. The van der Waals surface area contributed by atoms with Gasteiger partial charge in [-0.15, -0.1) is 0 Å². The molecule has 1 aliphatic heterocycles. The minimum absolute atomic E-state index is 0.240. The number of piperidine rings is 1. The van der Waals surface area contributed by atoms with Crippen molar-refractivity contribution in [1.29, 1.82) is 0 Å². The van der Waals surface area contributed by atoms with Gasteiger partial charge >= 0.3 is 0 Å². The van der Waals surface area contributed by atoms with Gasteiger partial charge in [0.25, 0.3) is 0 Å². The Morgan fingerprint density at radius 2 is 2.50 bits per heavy atom. The third kappa shape index (κ3) is 2.01. The van der Waals surface area contributed by atoms with Gasteiger partial charge in [-0.25, -0.2) is 0 Å². The fraction of sp³-hybridized carbons (Fsp3) is 0.875. The van der Waals surface area contributed by atoms with Gasteiger partial charge in [0.2, 0.25) is 5.91 Å². The summed E-state index contributed by atoms with van der Waals surface area (Å²) in [6.07, 6.45) is 5.31. The maximum absolute atomic E-state index is 10.8. The summed E-state index contributed by atoms with van der Waals surface area (Å²) in [5.41, 5.74) is 0. The first kappa shape index (κ1) is 7.58. The zero-order valence-corrected chi connectivity index (χ0v) is 6.52. The van der Waals surface area contributed by atoms with Crippen molar-refractivity contribution in [2.24, 2.45) is 0 Å². The molecule has 0 unspecified atom stereocenters. The first-order valence-corrected chi connectivity index (χ1v) is 4.12. The van der Waals surface area contributed by atoms with E-state index in [1.807, 2.05) is 0 Å². The summed E-state index contributed by atoms with van der Waals surface area (Å²) in [5.74, 6) is 0.240. The summed E-state index contributed by atoms with van der Waals surface area (Å²) in [6, 6.07) is 0.478. The van der Waals surface area contributed by atoms with Gasteiger partial charge in [0.05, 0.1) is 0 Å². The molecule has 0 aromatic carbocycles. The third-order valence-electron chi connectivity index (χ3n) is 1.96. The Morgan fingerprint density at radius 1 is 1.70 bits per heavy atom. The van der Waals surface area contributed by atoms with Crippen LogP contribution in [-0.2, 0) is 4.79 Å². The highest BCUT2D eigenvalue weighted by molar-refractivity contribution is 5.76. The van der Waals surface area contributed by atoms with Crippen LogP contribution in [-0.4, -0.2) is 11.9 Å². The molecule has 1 heterocycles. The van der Waals surface area contributed by atoms with Crippen LogP contribution in [0, 0.1) is 0 Å². The molecule has 0 bridgehead atoms. The lowest BCUT2D eigenvalue weighted by Crippen LogP contribution is -2.38. The fourth-order valence-corrected chi connectivity index (χ4v) is 1.45. The van der Waals surface area contributed by atoms with Crippen LogP contribution < -0.4 is 5.32 Å². The minimum atomic E-state index is 0.240. The number of carbonyl (C=O) groups is 1. The Labute approximate surface area is 62.0 Å². The summed E-state index contributed by atoms with van der Waals surface area (Å²) in [7, 11) is 0. The van der Waals surface area contributed by atoms with E-state index in [1.54, 1.807) is 0 Å². The fourth-order valence-electron chi connectivity index (χ4n) is 1.45. The Hall–Kier alpha value is -0.530. The first-order chi connectivity index (χ1) is 4.83. The van der Waals surface area contributed by atoms with E-state index in [0.29, 0.717) is 6.04 Å². The van der Waals surface area contributed by atoms with Crippen LogP contribution in [0.5, 0.6) is 0 Å². The average Bonchev–Trinajstić information content (AvgIpc) is 1.88. The van der Waals surface area contributed by atoms with Crippen LogP contribution in [0.25, 0.3) is 0 Å². The Kier molecular flexibility index (Phi) is 2.72. The van der Waals surface area contributed by atoms with E-state index in [9.17, 15) is 4.79 Å². The molecule has 0 aliphatic carbocycles. The molecule has 1 atom stereocenters. The quantitative estimate of drug-likeness (QED) is 0.619. The predicted octanol–water partition coefficient (Wildman–Crippen LogP) is 1.46. The Balaban J connectivity index is 2.25. The highest BCUT2D eigenvalue weighted by Crippen LogP contribution is 2.11. The highest BCUT2D eigenvalue weighted by Gasteiger charge is 2.16. The number of carbonyl (C=O) groups excluding carboxylic acids is 1. The zero-order chi connectivity index (χ0) is 7.40. The molecule has 1 saturated heterocycles. The molecule has 0 aromatic heterocycles. The van der Waals surface area contributed by atoms with Crippen LogP contribution in [0.4, 0.5) is 0 Å². The zero-order valence-electron chi connectivity index (χ0n) is 6.52. The van der Waals surface area contributed by atoms with Crippen molar-refractivity contribution in [2.75, 3.05) is 0 Å². The normalized spacial score (nSPS) is 26.1. The third-order valence-corrected chi connectivity index (χ3v) is 1.96. The van der Waals surface area contributed by atoms with E-state index in [4.69, 9.17) is 0 Å². The van der Waals surface area contributed by atoms with Crippen LogP contribution in [0.15, 0.2) is 0 Å². The van der Waals surface area contributed by atoms with E-state index in [1.165, 1.54) is 12.8 Å². The van der Waals surface area contributed by atoms with Gasteiger partial charge in [0, 0.05) is 12.5 Å². The smallest absolute Gasteiger partial charge is 0.220 e. The molecule has 1 rings (SSSR count).